The second kappa shape index (κ2) is 14.2. The van der Waals surface area contributed by atoms with Gasteiger partial charge >= 0.3 is 11.9 Å². The first-order valence-electron chi connectivity index (χ1n) is 9.54. The summed E-state index contributed by atoms with van der Waals surface area (Å²) in [7, 11) is 0. The van der Waals surface area contributed by atoms with Gasteiger partial charge in [-0.3, -0.25) is 19.2 Å². The standard InChI is InChI=1S/C17H31N5O9/c1-8(24)13(19)16(29)22-11(7-23)15(28)21-10(6-12(25)26)14(27)20-9(17(30)31)4-2-3-5-18/h8-11,13,23-24H,2-7,18-19H2,1H3,(H,20,27)(H,21,28)(H,22,29)(H,25,26)(H,30,31)/t8-,9+,10+,11+,13+/m1/s1. The molecule has 0 aliphatic heterocycles. The number of aliphatic hydroxyl groups excluding tert-OH is 2. The summed E-state index contributed by atoms with van der Waals surface area (Å²) in [5, 5.41) is 43.2. The van der Waals surface area contributed by atoms with Gasteiger partial charge in [-0.2, -0.15) is 0 Å². The number of amides is 3. The Balaban J connectivity index is 5.25. The van der Waals surface area contributed by atoms with Crippen molar-refractivity contribution in [1.82, 2.24) is 16.0 Å². The van der Waals surface area contributed by atoms with E-state index in [0.717, 1.165) is 0 Å². The number of carbonyl (C=O) groups is 5. The van der Waals surface area contributed by atoms with E-state index >= 15 is 0 Å². The summed E-state index contributed by atoms with van der Waals surface area (Å²) < 4.78 is 0. The molecule has 0 rings (SSSR count). The Morgan fingerprint density at radius 3 is 1.84 bits per heavy atom. The largest absolute Gasteiger partial charge is 0.481 e. The molecule has 178 valence electrons. The first-order chi connectivity index (χ1) is 14.4. The van der Waals surface area contributed by atoms with Gasteiger partial charge in [0.1, 0.15) is 24.2 Å². The number of aliphatic hydroxyl groups is 2. The summed E-state index contributed by atoms with van der Waals surface area (Å²) in [5.74, 6) is -5.95. The lowest BCUT2D eigenvalue weighted by molar-refractivity contribution is -0.144. The van der Waals surface area contributed by atoms with Crippen molar-refractivity contribution >= 4 is 29.7 Å². The summed E-state index contributed by atoms with van der Waals surface area (Å²) in [6.45, 7) is 0.644. The van der Waals surface area contributed by atoms with Gasteiger partial charge in [-0.15, -0.1) is 0 Å². The smallest absolute Gasteiger partial charge is 0.326 e. The molecule has 0 aliphatic carbocycles. The Hall–Kier alpha value is -2.81. The van der Waals surface area contributed by atoms with Crippen LogP contribution in [0.15, 0.2) is 0 Å². The first kappa shape index (κ1) is 28.2. The summed E-state index contributed by atoms with van der Waals surface area (Å²) >= 11 is 0. The quantitative estimate of drug-likeness (QED) is 0.108. The molecule has 0 aliphatic rings. The van der Waals surface area contributed by atoms with Crippen LogP contribution >= 0.6 is 0 Å². The lowest BCUT2D eigenvalue weighted by Gasteiger charge is -2.24. The second-order valence-corrected chi connectivity index (χ2v) is 6.85. The Morgan fingerprint density at radius 2 is 1.39 bits per heavy atom. The third kappa shape index (κ3) is 10.7. The minimum atomic E-state index is -1.68. The zero-order chi connectivity index (χ0) is 24.1. The molecule has 0 saturated heterocycles. The topological polar surface area (TPSA) is 254 Å². The minimum Gasteiger partial charge on any atom is -0.481 e. The highest BCUT2D eigenvalue weighted by Gasteiger charge is 2.31. The van der Waals surface area contributed by atoms with Crippen molar-refractivity contribution in [3.05, 3.63) is 0 Å². The third-order valence-electron chi connectivity index (χ3n) is 4.21. The zero-order valence-electron chi connectivity index (χ0n) is 17.1. The number of carbonyl (C=O) groups excluding carboxylic acids is 3. The van der Waals surface area contributed by atoms with Crippen LogP contribution in [-0.2, 0) is 24.0 Å². The SMILES string of the molecule is C[C@@H](O)[C@H](N)C(=O)N[C@@H](CO)C(=O)N[C@@H](CC(=O)O)C(=O)N[C@@H](CCCCN)C(=O)O. The van der Waals surface area contributed by atoms with Crippen LogP contribution in [0.4, 0.5) is 0 Å². The Kier molecular flexibility index (Phi) is 12.9. The van der Waals surface area contributed by atoms with Crippen LogP contribution in [0.1, 0.15) is 32.6 Å². The summed E-state index contributed by atoms with van der Waals surface area (Å²) in [5.41, 5.74) is 10.8. The van der Waals surface area contributed by atoms with Crippen molar-refractivity contribution in [2.45, 2.75) is 62.9 Å². The molecule has 0 aromatic carbocycles. The molecule has 0 saturated carbocycles. The van der Waals surface area contributed by atoms with Crippen LogP contribution in [0.3, 0.4) is 0 Å². The molecule has 0 heterocycles. The number of nitrogens with two attached hydrogens (primary N) is 2. The normalized spacial score (nSPS) is 15.6. The van der Waals surface area contributed by atoms with Gasteiger partial charge in [0.05, 0.1) is 19.1 Å². The summed E-state index contributed by atoms with van der Waals surface area (Å²) in [4.78, 5) is 59.0. The van der Waals surface area contributed by atoms with E-state index in [1.54, 1.807) is 0 Å². The molecule has 0 unspecified atom stereocenters. The van der Waals surface area contributed by atoms with Gasteiger partial charge in [0.15, 0.2) is 0 Å². The summed E-state index contributed by atoms with van der Waals surface area (Å²) in [6, 6.07) is -6.01. The molecule has 0 bridgehead atoms. The highest BCUT2D eigenvalue weighted by atomic mass is 16.4. The summed E-state index contributed by atoms with van der Waals surface area (Å²) in [6.07, 6.45) is -1.18. The average Bonchev–Trinajstić information content (AvgIpc) is 2.69. The lowest BCUT2D eigenvalue weighted by Crippen LogP contribution is -2.59. The van der Waals surface area contributed by atoms with Crippen molar-refractivity contribution in [2.24, 2.45) is 11.5 Å². The molecule has 14 nitrogen and oxygen atoms in total. The van der Waals surface area contributed by atoms with Crippen molar-refractivity contribution in [3.8, 4) is 0 Å². The van der Waals surface area contributed by atoms with E-state index in [9.17, 15) is 39.3 Å². The Morgan fingerprint density at radius 1 is 0.871 bits per heavy atom. The molecule has 0 radical (unpaired) electrons. The average molecular weight is 449 g/mol. The number of rotatable bonds is 15. The fourth-order valence-corrected chi connectivity index (χ4v) is 2.36. The predicted molar refractivity (Wildman–Crippen MR) is 105 cm³/mol. The van der Waals surface area contributed by atoms with Crippen LogP contribution < -0.4 is 27.4 Å². The zero-order valence-corrected chi connectivity index (χ0v) is 17.1. The van der Waals surface area contributed by atoms with Gasteiger partial charge in [-0.1, -0.05) is 0 Å². The molecule has 0 aromatic heterocycles. The number of unbranched alkanes of at least 4 members (excludes halogenated alkanes) is 1. The maximum absolute atomic E-state index is 12.4. The van der Waals surface area contributed by atoms with Crippen LogP contribution in [0.25, 0.3) is 0 Å². The van der Waals surface area contributed by atoms with Gasteiger partial charge in [0.25, 0.3) is 0 Å². The Labute approximate surface area is 178 Å². The fourth-order valence-electron chi connectivity index (χ4n) is 2.36. The van der Waals surface area contributed by atoms with E-state index in [2.05, 4.69) is 16.0 Å². The molecule has 31 heavy (non-hydrogen) atoms. The van der Waals surface area contributed by atoms with Crippen LogP contribution in [0.2, 0.25) is 0 Å². The van der Waals surface area contributed by atoms with E-state index in [4.69, 9.17) is 16.6 Å². The number of hydrogen-bond acceptors (Lipinski definition) is 9. The van der Waals surface area contributed by atoms with Crippen molar-refractivity contribution in [1.29, 1.82) is 0 Å². The molecular formula is C17H31N5O9. The van der Waals surface area contributed by atoms with Crippen molar-refractivity contribution in [2.75, 3.05) is 13.2 Å². The number of aliphatic carboxylic acids is 2. The number of nitrogens with one attached hydrogen (secondary N) is 3. The first-order valence-corrected chi connectivity index (χ1v) is 9.54. The molecule has 5 atom stereocenters. The molecular weight excluding hydrogens is 418 g/mol. The Bertz CT molecular complexity index is 643. The van der Waals surface area contributed by atoms with Gasteiger partial charge < -0.3 is 47.8 Å². The van der Waals surface area contributed by atoms with Crippen molar-refractivity contribution in [3.63, 3.8) is 0 Å². The monoisotopic (exact) mass is 449 g/mol. The predicted octanol–water partition coefficient (Wildman–Crippen LogP) is -4.17. The minimum absolute atomic E-state index is 0.0402. The molecule has 0 aromatic rings. The van der Waals surface area contributed by atoms with Crippen LogP contribution in [-0.4, -0.2) is 93.5 Å². The van der Waals surface area contributed by atoms with E-state index in [-0.39, 0.29) is 6.42 Å². The second-order valence-electron chi connectivity index (χ2n) is 6.85. The van der Waals surface area contributed by atoms with Crippen LogP contribution in [0, 0.1) is 0 Å². The lowest BCUT2D eigenvalue weighted by atomic mass is 10.1. The molecule has 3 amide bonds. The number of hydrogen-bond donors (Lipinski definition) is 9. The van der Waals surface area contributed by atoms with E-state index < -0.39 is 73.0 Å². The van der Waals surface area contributed by atoms with E-state index in [0.29, 0.717) is 19.4 Å². The van der Waals surface area contributed by atoms with Crippen molar-refractivity contribution < 1.29 is 44.4 Å². The van der Waals surface area contributed by atoms with Crippen LogP contribution in [0.5, 0.6) is 0 Å². The van der Waals surface area contributed by atoms with Gasteiger partial charge in [-0.05, 0) is 32.7 Å². The molecule has 11 N–H and O–H groups in total. The maximum atomic E-state index is 12.4. The third-order valence-corrected chi connectivity index (χ3v) is 4.21. The highest BCUT2D eigenvalue weighted by molar-refractivity contribution is 5.95. The van der Waals surface area contributed by atoms with Gasteiger partial charge in [-0.25, -0.2) is 4.79 Å². The maximum Gasteiger partial charge on any atom is 0.326 e. The van der Waals surface area contributed by atoms with E-state index in [1.807, 2.05) is 0 Å². The van der Waals surface area contributed by atoms with Gasteiger partial charge in [0.2, 0.25) is 17.7 Å². The van der Waals surface area contributed by atoms with E-state index in [1.165, 1.54) is 6.92 Å². The number of carboxylic acids is 2. The van der Waals surface area contributed by atoms with Gasteiger partial charge in [0, 0.05) is 0 Å². The molecule has 14 heteroatoms. The fraction of sp³-hybridized carbons (Fsp3) is 0.706. The number of carboxylic acid groups (broad SMARTS) is 2. The molecule has 0 spiro atoms. The highest BCUT2D eigenvalue weighted by Crippen LogP contribution is 2.03. The molecule has 0 fully saturated rings.